The summed E-state index contributed by atoms with van der Waals surface area (Å²) in [5.41, 5.74) is 1.65. The van der Waals surface area contributed by atoms with Gasteiger partial charge in [-0.3, -0.25) is 4.68 Å². The molecule has 0 saturated heterocycles. The fourth-order valence-corrected chi connectivity index (χ4v) is 1.70. The van der Waals surface area contributed by atoms with E-state index >= 15 is 0 Å². The van der Waals surface area contributed by atoms with Gasteiger partial charge < -0.3 is 4.42 Å². The smallest absolute Gasteiger partial charge is 0.277 e. The zero-order chi connectivity index (χ0) is 11.5. The summed E-state index contributed by atoms with van der Waals surface area (Å²) in [4.78, 5) is 0. The third-order valence-electron chi connectivity index (χ3n) is 1.91. The Hall–Kier alpha value is -1.81. The molecule has 0 spiro atoms. The molecule has 2 aromatic rings. The van der Waals surface area contributed by atoms with E-state index in [1.54, 1.807) is 4.68 Å². The summed E-state index contributed by atoms with van der Waals surface area (Å²) >= 11 is 1.22. The van der Waals surface area contributed by atoms with Crippen molar-refractivity contribution in [3.05, 3.63) is 11.9 Å². The summed E-state index contributed by atoms with van der Waals surface area (Å²) < 4.78 is 7.09. The van der Waals surface area contributed by atoms with Crippen molar-refractivity contribution in [3.8, 4) is 17.5 Å². The Bertz CT molecular complexity index is 538. The van der Waals surface area contributed by atoms with Crippen molar-refractivity contribution in [3.63, 3.8) is 0 Å². The largest absolute Gasteiger partial charge is 0.411 e. The van der Waals surface area contributed by atoms with Gasteiger partial charge in [0.2, 0.25) is 0 Å². The van der Waals surface area contributed by atoms with Crippen molar-refractivity contribution in [2.45, 2.75) is 12.1 Å². The van der Waals surface area contributed by atoms with E-state index < -0.39 is 0 Å². The molecule has 0 aliphatic heterocycles. The standard InChI is InChI=1S/C9H9N5OS/c1-6-7(5-14(2)13-6)8-11-12-9(15-8)16-4-3-10/h5H,4H2,1-2H3. The molecule has 0 N–H and O–H groups in total. The molecule has 2 rings (SSSR count). The lowest BCUT2D eigenvalue weighted by Crippen LogP contribution is -1.86. The lowest BCUT2D eigenvalue weighted by Gasteiger charge is -1.88. The molecule has 7 heteroatoms. The van der Waals surface area contributed by atoms with E-state index in [4.69, 9.17) is 9.68 Å². The molecule has 2 heterocycles. The third-order valence-corrected chi connectivity index (χ3v) is 2.60. The first-order chi connectivity index (χ1) is 7.70. The quantitative estimate of drug-likeness (QED) is 0.748. The average molecular weight is 235 g/mol. The van der Waals surface area contributed by atoms with Gasteiger partial charge >= 0.3 is 0 Å². The molecular weight excluding hydrogens is 226 g/mol. The van der Waals surface area contributed by atoms with Crippen LogP contribution in [0.1, 0.15) is 5.69 Å². The van der Waals surface area contributed by atoms with Gasteiger partial charge in [-0.05, 0) is 6.92 Å². The number of nitriles is 1. The van der Waals surface area contributed by atoms with Gasteiger partial charge in [0.05, 0.1) is 23.1 Å². The molecule has 0 aromatic carbocycles. The van der Waals surface area contributed by atoms with Crippen molar-refractivity contribution >= 4 is 11.8 Å². The van der Waals surface area contributed by atoms with Gasteiger partial charge in [0.25, 0.3) is 11.1 Å². The van der Waals surface area contributed by atoms with Gasteiger partial charge in [0.1, 0.15) is 0 Å². The van der Waals surface area contributed by atoms with Gasteiger partial charge in [-0.2, -0.15) is 10.4 Å². The second-order valence-corrected chi connectivity index (χ2v) is 4.05. The van der Waals surface area contributed by atoms with Crippen molar-refractivity contribution in [1.29, 1.82) is 5.26 Å². The van der Waals surface area contributed by atoms with E-state index in [9.17, 15) is 0 Å². The second-order valence-electron chi connectivity index (χ2n) is 3.12. The van der Waals surface area contributed by atoms with Crippen molar-refractivity contribution < 1.29 is 4.42 Å². The number of rotatable bonds is 3. The molecule has 0 saturated carbocycles. The zero-order valence-corrected chi connectivity index (χ0v) is 9.65. The Balaban J connectivity index is 2.25. The lowest BCUT2D eigenvalue weighted by molar-refractivity contribution is 0.466. The van der Waals surface area contributed by atoms with Crippen molar-refractivity contribution in [2.75, 3.05) is 5.75 Å². The first-order valence-electron chi connectivity index (χ1n) is 4.54. The van der Waals surface area contributed by atoms with E-state index in [1.165, 1.54) is 11.8 Å². The number of hydrogen-bond donors (Lipinski definition) is 0. The minimum Gasteiger partial charge on any atom is -0.411 e. The maximum atomic E-state index is 8.42. The summed E-state index contributed by atoms with van der Waals surface area (Å²) in [7, 11) is 1.83. The predicted molar refractivity (Wildman–Crippen MR) is 57.6 cm³/mol. The number of aromatic nitrogens is 4. The van der Waals surface area contributed by atoms with Crippen molar-refractivity contribution in [2.24, 2.45) is 7.05 Å². The van der Waals surface area contributed by atoms with Crippen LogP contribution < -0.4 is 0 Å². The fourth-order valence-electron chi connectivity index (χ4n) is 1.28. The topological polar surface area (TPSA) is 80.5 Å². The molecule has 0 fully saturated rings. The maximum Gasteiger partial charge on any atom is 0.277 e. The van der Waals surface area contributed by atoms with Gasteiger partial charge in [-0.1, -0.05) is 11.8 Å². The summed E-state index contributed by atoms with van der Waals surface area (Å²) in [5.74, 6) is 0.735. The normalized spacial score (nSPS) is 10.3. The summed E-state index contributed by atoms with van der Waals surface area (Å²) in [5, 5.41) is 20.8. The Morgan fingerprint density at radius 3 is 3.00 bits per heavy atom. The predicted octanol–water partition coefficient (Wildman–Crippen LogP) is 1.39. The van der Waals surface area contributed by atoms with Gasteiger partial charge in [-0.25, -0.2) is 0 Å². The van der Waals surface area contributed by atoms with Crippen LogP contribution in [0.2, 0.25) is 0 Å². The van der Waals surface area contributed by atoms with E-state index in [1.807, 2.05) is 26.2 Å². The minimum absolute atomic E-state index is 0.299. The Morgan fingerprint density at radius 2 is 2.38 bits per heavy atom. The Morgan fingerprint density at radius 1 is 1.56 bits per heavy atom. The number of aryl methyl sites for hydroxylation is 2. The second kappa shape index (κ2) is 4.37. The highest BCUT2D eigenvalue weighted by Gasteiger charge is 2.13. The Kier molecular flexibility index (Phi) is 2.92. The van der Waals surface area contributed by atoms with Crippen LogP contribution in [0.3, 0.4) is 0 Å². The number of nitrogens with zero attached hydrogens (tertiary/aromatic N) is 5. The molecule has 0 atom stereocenters. The maximum absolute atomic E-state index is 8.42. The first kappa shape index (κ1) is 10.7. The van der Waals surface area contributed by atoms with E-state index in [0.717, 1.165) is 11.3 Å². The van der Waals surface area contributed by atoms with Gasteiger partial charge in [-0.15, -0.1) is 10.2 Å². The lowest BCUT2D eigenvalue weighted by atomic mass is 10.3. The molecule has 2 aromatic heterocycles. The molecule has 0 bridgehead atoms. The van der Waals surface area contributed by atoms with Crippen LogP contribution in [0.5, 0.6) is 0 Å². The average Bonchev–Trinajstić information content (AvgIpc) is 2.82. The van der Waals surface area contributed by atoms with Crippen molar-refractivity contribution in [1.82, 2.24) is 20.0 Å². The monoisotopic (exact) mass is 235 g/mol. The van der Waals surface area contributed by atoms with Crippen LogP contribution in [0.4, 0.5) is 0 Å². The van der Waals surface area contributed by atoms with E-state index in [-0.39, 0.29) is 0 Å². The van der Waals surface area contributed by atoms with Crippen LogP contribution in [0, 0.1) is 18.3 Å². The fraction of sp³-hybridized carbons (Fsp3) is 0.333. The molecule has 6 nitrogen and oxygen atoms in total. The van der Waals surface area contributed by atoms with Crippen LogP contribution >= 0.6 is 11.8 Å². The molecular formula is C9H9N5OS. The summed E-state index contributed by atoms with van der Waals surface area (Å²) in [6.07, 6.45) is 1.82. The van der Waals surface area contributed by atoms with Crippen LogP contribution in [0.15, 0.2) is 15.8 Å². The highest BCUT2D eigenvalue weighted by atomic mass is 32.2. The highest BCUT2D eigenvalue weighted by Crippen LogP contribution is 2.24. The number of thioether (sulfide) groups is 1. The highest BCUT2D eigenvalue weighted by molar-refractivity contribution is 7.99. The van der Waals surface area contributed by atoms with E-state index in [0.29, 0.717) is 16.9 Å². The zero-order valence-electron chi connectivity index (χ0n) is 8.84. The van der Waals surface area contributed by atoms with Gasteiger partial charge in [0.15, 0.2) is 0 Å². The van der Waals surface area contributed by atoms with Crippen LogP contribution in [-0.4, -0.2) is 25.7 Å². The number of hydrogen-bond acceptors (Lipinski definition) is 6. The third kappa shape index (κ3) is 2.06. The molecule has 16 heavy (non-hydrogen) atoms. The SMILES string of the molecule is Cc1nn(C)cc1-c1nnc(SCC#N)o1. The van der Waals surface area contributed by atoms with Crippen LogP contribution in [-0.2, 0) is 7.05 Å². The molecule has 0 radical (unpaired) electrons. The van der Waals surface area contributed by atoms with Gasteiger partial charge in [0, 0.05) is 13.2 Å². The molecule has 0 amide bonds. The molecule has 0 aliphatic carbocycles. The minimum atomic E-state index is 0.299. The summed E-state index contributed by atoms with van der Waals surface area (Å²) in [6.45, 7) is 1.88. The molecule has 82 valence electrons. The Labute approximate surface area is 96.3 Å². The molecule has 0 unspecified atom stereocenters. The van der Waals surface area contributed by atoms with E-state index in [2.05, 4.69) is 15.3 Å². The van der Waals surface area contributed by atoms with Crippen LogP contribution in [0.25, 0.3) is 11.5 Å². The first-order valence-corrected chi connectivity index (χ1v) is 5.53. The summed E-state index contributed by atoms with van der Waals surface area (Å²) in [6, 6.07) is 2.00. The molecule has 0 aliphatic rings.